The average Bonchev–Trinajstić information content (AvgIpc) is 1.59. The number of hydrogen-bond donors (Lipinski definition) is 6. The molecule has 45 nitrogen and oxygen atoms in total. The molecule has 16 aromatic heterocycles. The number of anilines is 9. The number of rotatable bonds is 12. The zero-order valence-corrected chi connectivity index (χ0v) is 83.2. The van der Waals surface area contributed by atoms with Crippen LogP contribution in [0, 0.1) is 29.6 Å². The third-order valence-corrected chi connectivity index (χ3v) is 31.3. The number of nitrogens with one attached hydrogen (secondary N) is 2. The Hall–Kier alpha value is -14.5. The van der Waals surface area contributed by atoms with E-state index in [9.17, 15) is 8.78 Å². The molecular formula is C99H114F2N40O5. The van der Waals surface area contributed by atoms with Gasteiger partial charge in [-0.25, -0.2) is 128 Å². The standard InChI is InChI=1S/C23H26N8O.C20H22F2N8O.C20H24N8O.C19H22N8O.C17H20N8O/c1-4-16-15-9-13(10-24-19(15)29-28-16)18-26-20-17(21(27-18)31-11-12-7-14(31)8-12)25-22-23(2,3)32-6-5-30(20)22;1-19(2)17-26-13-15(29-8-10-5-20(21,22)12(10)9-29)27-14(11-6-24-18(23)25-7-11)28-16(13)30(17)3-4-31-19;1-20(2)18-24-14-16(27(18)4-3-5-29-20)25-15(12-8-22-19(21)23-9-12)26-17(14)28-10-11-6-13(28)7-11;1-19(2)17-23-13-15(26-4-3-10-7-12(10)26)24-14(11-8-21-18(20)22-9-11)25-16(13)27(17)5-6-28-19;1-17(2)15-22-11-13(21-10-3-4-10)23-12(9-7-19-16(18)20-8-9)24-14(11)25(15)5-6-26-17/h9-10,12,14H,4-8,11H2,1-3H3,(H,24,28,29);6-7,10,12H,3-5,8-9H2,1-2H3,(H2,23,24,25);8-9,11,13H,3-7,10H2,1-2H3,(H2,21,22,23);8-10,12H,3-7H2,1-2H3,(H2,20,21,22);7-8,10H,3-6H2,1-2H3,(H2,18,19,20)(H,21,23,24). The summed E-state index contributed by atoms with van der Waals surface area (Å²) in [7, 11) is 0. The van der Waals surface area contributed by atoms with Gasteiger partial charge in [-0.2, -0.15) is 5.10 Å². The van der Waals surface area contributed by atoms with Crippen LogP contribution in [0.1, 0.15) is 175 Å². The maximum absolute atomic E-state index is 14.0. The Morgan fingerprint density at radius 2 is 0.753 bits per heavy atom. The fraction of sp³-hybridized carbons (Fsp3) is 0.525. The van der Waals surface area contributed by atoms with Crippen LogP contribution in [-0.2, 0) is 90.8 Å². The summed E-state index contributed by atoms with van der Waals surface area (Å²) in [4.78, 5) is 120. The number of hydrogen-bond acceptors (Lipinski definition) is 39. The van der Waals surface area contributed by atoms with Gasteiger partial charge in [-0.1, -0.05) is 6.92 Å². The summed E-state index contributed by atoms with van der Waals surface area (Å²) in [5, 5.41) is 11.9. The number of fused-ring (bicyclic) bond motifs is 20. The summed E-state index contributed by atoms with van der Waals surface area (Å²) in [5.41, 5.74) is 33.8. The van der Waals surface area contributed by atoms with Gasteiger partial charge in [0.05, 0.1) is 48.7 Å². The zero-order valence-electron chi connectivity index (χ0n) is 83.2. The fourth-order valence-corrected chi connectivity index (χ4v) is 23.2. The Kier molecular flexibility index (Phi) is 21.2. The number of aromatic nitrogens is 31. The van der Waals surface area contributed by atoms with Crippen molar-refractivity contribution in [2.45, 2.75) is 238 Å². The third kappa shape index (κ3) is 15.8. The normalized spacial score (nSPS) is 23.8. The molecule has 27 heterocycles. The minimum absolute atomic E-state index is 0.0275. The Morgan fingerprint density at radius 1 is 0.384 bits per heavy atom. The van der Waals surface area contributed by atoms with Gasteiger partial charge in [0.1, 0.15) is 57.1 Å². The predicted molar refractivity (Wildman–Crippen MR) is 537 cm³/mol. The van der Waals surface area contributed by atoms with E-state index in [0.717, 1.165) is 219 Å². The van der Waals surface area contributed by atoms with Crippen molar-refractivity contribution in [2.24, 2.45) is 29.6 Å². The van der Waals surface area contributed by atoms with Crippen molar-refractivity contribution in [3.8, 4) is 56.9 Å². The SMILES string of the molecule is CC1(C)OCCCn2c1nc1c(N3CC4CC3C4)nc(-c3cnc(N)nc3)nc12.CC1(C)OCCn2c1nc1c(N3CC4CC(F)(F)C4C3)nc(-c3cnc(N)nc3)nc12.CC1(C)OCCn2c1nc1c(N3CCC4CC43)nc(-c3cnc(N)nc3)nc12.CC1(C)OCCn2c1nc1c(NC3CC3)nc(-c3cnc(N)nc3)nc12.CCc1[nH]nc2ncc(-c3nc(N4CC5CC4C5)c4nc5n(c4n3)CCOC5(C)C)cc12. The van der Waals surface area contributed by atoms with E-state index in [1.165, 1.54) is 38.5 Å². The highest BCUT2D eigenvalue weighted by molar-refractivity contribution is 5.92. The fourth-order valence-electron chi connectivity index (χ4n) is 23.2. The first-order chi connectivity index (χ1) is 70.3. The summed E-state index contributed by atoms with van der Waals surface area (Å²) in [6.45, 7) is 33.2. The van der Waals surface area contributed by atoms with Crippen LogP contribution in [0.15, 0.2) is 61.8 Å². The molecule has 6 saturated heterocycles. The van der Waals surface area contributed by atoms with Crippen molar-refractivity contribution < 1.29 is 32.5 Å². The molecule has 0 spiro atoms. The van der Waals surface area contributed by atoms with E-state index < -0.39 is 39.8 Å². The van der Waals surface area contributed by atoms with Crippen molar-refractivity contribution >= 4 is 120 Å². The number of imidazole rings is 5. The molecule has 11 aliphatic heterocycles. The first kappa shape index (κ1) is 91.5. The van der Waals surface area contributed by atoms with Gasteiger partial charge in [-0.15, -0.1) is 0 Å². The molecule has 4 bridgehead atoms. The highest BCUT2D eigenvalue weighted by Gasteiger charge is 2.60. The van der Waals surface area contributed by atoms with Gasteiger partial charge >= 0.3 is 0 Å². The number of nitrogens with two attached hydrogens (primary N) is 4. The molecule has 0 amide bonds. The Morgan fingerprint density at radius 3 is 1.13 bits per heavy atom. The molecule has 5 saturated carbocycles. The second-order valence-electron chi connectivity index (χ2n) is 43.3. The molecule has 16 aromatic rings. The monoisotopic (exact) mass is 1980 g/mol. The maximum Gasteiger partial charge on any atom is 0.253 e. The highest BCUT2D eigenvalue weighted by Crippen LogP contribution is 2.55. The zero-order chi connectivity index (χ0) is 99.8. The number of H-pyrrole nitrogens is 1. The van der Waals surface area contributed by atoms with Crippen molar-refractivity contribution in [1.29, 1.82) is 0 Å². The molecule has 754 valence electrons. The van der Waals surface area contributed by atoms with Crippen LogP contribution >= 0.6 is 0 Å². The predicted octanol–water partition coefficient (Wildman–Crippen LogP) is 11.0. The van der Waals surface area contributed by atoms with Crippen LogP contribution in [0.2, 0.25) is 0 Å². The lowest BCUT2D eigenvalue weighted by molar-refractivity contribution is -0.152. The molecule has 11 fully saturated rings. The number of nitrogens with zero attached hydrogens (tertiary/aromatic N) is 34. The molecular weight excluding hydrogens is 1870 g/mol. The van der Waals surface area contributed by atoms with E-state index in [1.807, 2.05) is 43.4 Å². The van der Waals surface area contributed by atoms with Crippen molar-refractivity contribution in [3.05, 3.63) is 96.7 Å². The molecule has 47 heteroatoms. The van der Waals surface area contributed by atoms with Gasteiger partial charge in [0, 0.05) is 181 Å². The van der Waals surface area contributed by atoms with E-state index in [4.69, 9.17) is 121 Å². The second-order valence-corrected chi connectivity index (χ2v) is 43.3. The largest absolute Gasteiger partial charge is 0.368 e. The van der Waals surface area contributed by atoms with Crippen LogP contribution in [0.4, 0.5) is 61.7 Å². The average molecular weight is 1980 g/mol. The van der Waals surface area contributed by atoms with Gasteiger partial charge in [0.2, 0.25) is 23.8 Å². The lowest BCUT2D eigenvalue weighted by atomic mass is 9.72. The lowest BCUT2D eigenvalue weighted by Crippen LogP contribution is -2.46. The third-order valence-electron chi connectivity index (χ3n) is 31.3. The van der Waals surface area contributed by atoms with Gasteiger partial charge < -0.3 is 94.4 Å². The number of aryl methyl sites for hydroxylation is 2. The Bertz CT molecular complexity index is 7880. The van der Waals surface area contributed by atoms with E-state index in [2.05, 4.69) is 148 Å². The summed E-state index contributed by atoms with van der Waals surface area (Å²) in [6.07, 6.45) is 26.5. The highest BCUT2D eigenvalue weighted by atomic mass is 19.3. The first-order valence-corrected chi connectivity index (χ1v) is 50.7. The van der Waals surface area contributed by atoms with Crippen LogP contribution < -0.4 is 47.9 Å². The molecule has 0 aromatic carbocycles. The van der Waals surface area contributed by atoms with Crippen LogP contribution in [0.3, 0.4) is 0 Å². The number of halogens is 2. The number of alkyl halides is 2. The molecule has 5 aliphatic carbocycles. The molecule has 10 N–H and O–H groups in total. The number of ether oxygens (including phenoxy) is 5. The molecule has 146 heavy (non-hydrogen) atoms. The quantitative estimate of drug-likeness (QED) is 0.0661. The first-order valence-electron chi connectivity index (χ1n) is 50.7. The van der Waals surface area contributed by atoms with E-state index >= 15 is 0 Å². The molecule has 0 radical (unpaired) electrons. The van der Waals surface area contributed by atoms with Crippen molar-refractivity contribution in [1.82, 2.24) is 153 Å². The van der Waals surface area contributed by atoms with Gasteiger partial charge in [-0.3, -0.25) is 5.10 Å². The van der Waals surface area contributed by atoms with Gasteiger partial charge in [0.25, 0.3) is 5.92 Å². The second kappa shape index (κ2) is 33.8. The minimum atomic E-state index is -2.61. The van der Waals surface area contributed by atoms with Crippen LogP contribution in [-0.4, -0.2) is 248 Å². The summed E-state index contributed by atoms with van der Waals surface area (Å²) < 4.78 is 68.7. The van der Waals surface area contributed by atoms with E-state index in [0.29, 0.717) is 129 Å². The van der Waals surface area contributed by atoms with Crippen molar-refractivity contribution in [3.63, 3.8) is 0 Å². The molecule has 4 unspecified atom stereocenters. The minimum Gasteiger partial charge on any atom is -0.368 e. The summed E-state index contributed by atoms with van der Waals surface area (Å²) >= 11 is 0. The summed E-state index contributed by atoms with van der Waals surface area (Å²) in [6, 6.07) is 4.26. The molecule has 16 aliphatic rings. The Labute approximate surface area is 835 Å². The van der Waals surface area contributed by atoms with Gasteiger partial charge in [0.15, 0.2) is 120 Å². The van der Waals surface area contributed by atoms with E-state index in [-0.39, 0.29) is 42.7 Å². The molecule has 4 atom stereocenters. The van der Waals surface area contributed by atoms with Crippen LogP contribution in [0.25, 0.3) is 124 Å². The number of pyridine rings is 1. The topological polar surface area (TPSA) is 538 Å². The number of aromatic amines is 1. The van der Waals surface area contributed by atoms with Crippen LogP contribution in [0.5, 0.6) is 0 Å². The van der Waals surface area contributed by atoms with E-state index in [1.54, 1.807) is 49.6 Å². The lowest BCUT2D eigenvalue weighted by Gasteiger charge is -2.38. The van der Waals surface area contributed by atoms with Gasteiger partial charge in [-0.05, 0) is 163 Å². The molecule has 32 rings (SSSR count). The number of nitrogen functional groups attached to an aromatic ring is 4. The maximum atomic E-state index is 14.0. The summed E-state index contributed by atoms with van der Waals surface area (Å²) in [5.74, 6) is 11.3. The number of piperidine rings is 1. The van der Waals surface area contributed by atoms with Crippen molar-refractivity contribution in [2.75, 3.05) is 114 Å². The smallest absolute Gasteiger partial charge is 0.253 e. The Balaban J connectivity index is 0.0000000929.